The van der Waals surface area contributed by atoms with Crippen molar-refractivity contribution in [1.82, 2.24) is 0 Å². The van der Waals surface area contributed by atoms with Crippen LogP contribution in [0.15, 0.2) is 0 Å². The molecule has 0 spiro atoms. The zero-order valence-corrected chi connectivity index (χ0v) is 8.29. The van der Waals surface area contributed by atoms with E-state index in [1.54, 1.807) is 25.7 Å². The highest BCUT2D eigenvalue weighted by Crippen LogP contribution is 2.63. The molecule has 3 saturated carbocycles. The summed E-state index contributed by atoms with van der Waals surface area (Å²) in [6, 6.07) is 0. The van der Waals surface area contributed by atoms with Crippen LogP contribution in [0.1, 0.15) is 39.5 Å². The lowest BCUT2D eigenvalue weighted by Crippen LogP contribution is -2.42. The predicted molar refractivity (Wildman–Crippen MR) is 50.8 cm³/mol. The summed E-state index contributed by atoms with van der Waals surface area (Å²) in [6.45, 7) is 4.97. The molecule has 0 heteroatoms. The van der Waals surface area contributed by atoms with Crippen LogP contribution in [0, 0.1) is 35.5 Å². The summed E-state index contributed by atoms with van der Waals surface area (Å²) >= 11 is 0. The van der Waals surface area contributed by atoms with Gasteiger partial charge in [0.15, 0.2) is 0 Å². The zero-order chi connectivity index (χ0) is 8.29. The van der Waals surface area contributed by atoms with Crippen molar-refractivity contribution >= 4 is 0 Å². The molecule has 6 atom stereocenters. The lowest BCUT2D eigenvalue weighted by molar-refractivity contribution is 0.00260. The zero-order valence-electron chi connectivity index (χ0n) is 8.29. The number of hydrogen-bond acceptors (Lipinski definition) is 0. The molecule has 0 nitrogen and oxygen atoms in total. The fraction of sp³-hybridized carbons (Fsp3) is 1.00. The Bertz CT molecular complexity index is 196. The van der Waals surface area contributed by atoms with Gasteiger partial charge in [-0.15, -0.1) is 0 Å². The third kappa shape index (κ3) is 0.701. The van der Waals surface area contributed by atoms with E-state index in [0.717, 1.165) is 29.6 Å². The maximum Gasteiger partial charge on any atom is -0.0324 e. The Labute approximate surface area is 75.7 Å². The van der Waals surface area contributed by atoms with E-state index in [1.165, 1.54) is 5.92 Å². The predicted octanol–water partition coefficient (Wildman–Crippen LogP) is 3.32. The molecule has 68 valence electrons. The lowest BCUT2D eigenvalue weighted by atomic mass is 9.57. The van der Waals surface area contributed by atoms with Crippen molar-refractivity contribution in [2.45, 2.75) is 39.5 Å². The molecule has 0 heterocycles. The van der Waals surface area contributed by atoms with Crippen molar-refractivity contribution in [2.24, 2.45) is 35.5 Å². The molecule has 0 radical (unpaired) electrons. The molecule has 0 aliphatic heterocycles. The second-order valence-electron chi connectivity index (χ2n) is 5.55. The van der Waals surface area contributed by atoms with Crippen molar-refractivity contribution in [2.75, 3.05) is 0 Å². The second-order valence-corrected chi connectivity index (χ2v) is 5.55. The van der Waals surface area contributed by atoms with Gasteiger partial charge in [-0.05, 0) is 48.3 Å². The maximum absolute atomic E-state index is 2.49. The van der Waals surface area contributed by atoms with Crippen LogP contribution in [0.5, 0.6) is 0 Å². The molecule has 0 N–H and O–H groups in total. The average molecular weight is 164 g/mol. The number of fused-ring (bicyclic) bond motifs is 3. The highest BCUT2D eigenvalue weighted by molar-refractivity contribution is 5.05. The molecule has 0 bridgehead atoms. The van der Waals surface area contributed by atoms with E-state index < -0.39 is 0 Å². The van der Waals surface area contributed by atoms with Gasteiger partial charge >= 0.3 is 0 Å². The minimum Gasteiger partial charge on any atom is -0.0620 e. The van der Waals surface area contributed by atoms with Gasteiger partial charge in [-0.1, -0.05) is 26.7 Å². The van der Waals surface area contributed by atoms with Crippen LogP contribution < -0.4 is 0 Å². The Balaban J connectivity index is 1.83. The largest absolute Gasteiger partial charge is 0.0620 e. The fourth-order valence-corrected chi connectivity index (χ4v) is 4.63. The summed E-state index contributed by atoms with van der Waals surface area (Å²) in [7, 11) is 0. The Kier molecular flexibility index (Phi) is 1.40. The minimum absolute atomic E-state index is 1.06. The molecule has 12 heavy (non-hydrogen) atoms. The molecular formula is C12H20. The van der Waals surface area contributed by atoms with Crippen LogP contribution in [0.3, 0.4) is 0 Å². The lowest BCUT2D eigenvalue weighted by Gasteiger charge is -2.48. The van der Waals surface area contributed by atoms with Crippen molar-refractivity contribution < 1.29 is 0 Å². The quantitative estimate of drug-likeness (QED) is 0.515. The van der Waals surface area contributed by atoms with Gasteiger partial charge in [0.1, 0.15) is 0 Å². The first-order valence-electron chi connectivity index (χ1n) is 5.79. The van der Waals surface area contributed by atoms with Gasteiger partial charge in [-0.25, -0.2) is 0 Å². The van der Waals surface area contributed by atoms with Crippen molar-refractivity contribution in [3.63, 3.8) is 0 Å². The molecule has 3 aliphatic rings. The van der Waals surface area contributed by atoms with Crippen molar-refractivity contribution in [3.8, 4) is 0 Å². The molecule has 0 aromatic carbocycles. The Morgan fingerprint density at radius 3 is 2.58 bits per heavy atom. The van der Waals surface area contributed by atoms with Crippen molar-refractivity contribution in [3.05, 3.63) is 0 Å². The van der Waals surface area contributed by atoms with E-state index in [0.29, 0.717) is 0 Å². The molecule has 6 unspecified atom stereocenters. The van der Waals surface area contributed by atoms with Crippen LogP contribution in [0.25, 0.3) is 0 Å². The molecule has 3 aliphatic carbocycles. The van der Waals surface area contributed by atoms with Gasteiger partial charge in [-0.3, -0.25) is 0 Å². The first-order chi connectivity index (χ1) is 5.79. The van der Waals surface area contributed by atoms with E-state index in [4.69, 9.17) is 0 Å². The van der Waals surface area contributed by atoms with E-state index in [2.05, 4.69) is 13.8 Å². The first kappa shape index (κ1) is 7.41. The summed E-state index contributed by atoms with van der Waals surface area (Å²) in [6.07, 6.45) is 6.28. The van der Waals surface area contributed by atoms with Crippen LogP contribution in [0.2, 0.25) is 0 Å². The van der Waals surface area contributed by atoms with E-state index in [-0.39, 0.29) is 0 Å². The standard InChI is InChI=1S/C12H20/c1-7-8(2)12-10-5-3-4-9(10)6-11(7)12/h7-12H,3-6H2,1-2H3. The van der Waals surface area contributed by atoms with Gasteiger partial charge in [0.25, 0.3) is 0 Å². The summed E-state index contributed by atoms with van der Waals surface area (Å²) in [4.78, 5) is 0. The highest BCUT2D eigenvalue weighted by atomic mass is 14.6. The van der Waals surface area contributed by atoms with Crippen LogP contribution >= 0.6 is 0 Å². The van der Waals surface area contributed by atoms with Gasteiger partial charge in [0, 0.05) is 0 Å². The van der Waals surface area contributed by atoms with Crippen LogP contribution in [-0.4, -0.2) is 0 Å². The summed E-state index contributed by atoms with van der Waals surface area (Å²) in [5.74, 6) is 6.75. The maximum atomic E-state index is 2.49. The van der Waals surface area contributed by atoms with E-state index in [9.17, 15) is 0 Å². The Morgan fingerprint density at radius 2 is 1.75 bits per heavy atom. The van der Waals surface area contributed by atoms with Crippen LogP contribution in [0.4, 0.5) is 0 Å². The van der Waals surface area contributed by atoms with Gasteiger partial charge in [-0.2, -0.15) is 0 Å². The highest BCUT2D eigenvalue weighted by Gasteiger charge is 2.56. The summed E-state index contributed by atoms with van der Waals surface area (Å²) < 4.78 is 0. The third-order valence-electron chi connectivity index (χ3n) is 5.39. The first-order valence-corrected chi connectivity index (χ1v) is 5.79. The third-order valence-corrected chi connectivity index (χ3v) is 5.39. The Morgan fingerprint density at radius 1 is 0.917 bits per heavy atom. The molecule has 3 fully saturated rings. The normalized spacial score (nSPS) is 62.5. The SMILES string of the molecule is CC1C(C)C2C3CCCC3CC12. The summed E-state index contributed by atoms with van der Waals surface area (Å²) in [5, 5.41) is 0. The smallest absolute Gasteiger partial charge is 0.0324 e. The summed E-state index contributed by atoms with van der Waals surface area (Å²) in [5.41, 5.74) is 0. The van der Waals surface area contributed by atoms with Crippen LogP contribution in [-0.2, 0) is 0 Å². The Hall–Kier alpha value is 0. The van der Waals surface area contributed by atoms with Gasteiger partial charge in [0.05, 0.1) is 0 Å². The topological polar surface area (TPSA) is 0 Å². The minimum atomic E-state index is 1.06. The molecule has 0 aromatic heterocycles. The van der Waals surface area contributed by atoms with Gasteiger partial charge in [0.2, 0.25) is 0 Å². The van der Waals surface area contributed by atoms with Crippen molar-refractivity contribution in [1.29, 1.82) is 0 Å². The van der Waals surface area contributed by atoms with E-state index in [1.807, 2.05) is 0 Å². The molecule has 0 saturated heterocycles. The number of rotatable bonds is 0. The molecule has 3 rings (SSSR count). The van der Waals surface area contributed by atoms with E-state index >= 15 is 0 Å². The monoisotopic (exact) mass is 164 g/mol. The van der Waals surface area contributed by atoms with Gasteiger partial charge < -0.3 is 0 Å². The molecule has 0 amide bonds. The average Bonchev–Trinajstić information content (AvgIpc) is 2.59. The number of hydrogen-bond donors (Lipinski definition) is 0. The second kappa shape index (κ2) is 2.27. The molecule has 0 aromatic rings. The molecular weight excluding hydrogens is 144 g/mol. The fourth-order valence-electron chi connectivity index (χ4n) is 4.63.